The molecule has 2 aromatic rings. The van der Waals surface area contributed by atoms with Gasteiger partial charge in [0.1, 0.15) is 12.8 Å². The molecule has 0 amide bonds. The van der Waals surface area contributed by atoms with Gasteiger partial charge >= 0.3 is 12.1 Å². The monoisotopic (exact) mass is 395 g/mol. The molecule has 0 spiro atoms. The average molecular weight is 395 g/mol. The Labute approximate surface area is 160 Å². The van der Waals surface area contributed by atoms with E-state index in [1.807, 2.05) is 4.90 Å². The number of esters is 1. The molecule has 1 aromatic heterocycles. The van der Waals surface area contributed by atoms with Crippen LogP contribution in [-0.2, 0) is 15.7 Å². The summed E-state index contributed by atoms with van der Waals surface area (Å²) in [5.41, 5.74) is -0.142. The number of carbonyl (C=O) groups excluding carboxylic acids is 1. The quantitative estimate of drug-likeness (QED) is 0.759. The number of hydrogen-bond donors (Lipinski definition) is 1. The van der Waals surface area contributed by atoms with Crippen molar-refractivity contribution in [2.75, 3.05) is 38.2 Å². The van der Waals surface area contributed by atoms with E-state index in [4.69, 9.17) is 9.47 Å². The zero-order valence-corrected chi connectivity index (χ0v) is 15.0. The normalized spacial score (nSPS) is 16.4. The standard InChI is InChI=1S/C19H20F3N3O3/c20-19(21,22)15-4-1-5-16(11-15)24-17(25-7-9-27-10-8-25)13-28-18(26)14-3-2-6-23-12-14/h1-6,11-12,17,24H,7-10,13H2/t17-/m1/s1. The molecule has 1 saturated heterocycles. The smallest absolute Gasteiger partial charge is 0.416 e. The molecule has 3 rings (SSSR count). The Bertz CT molecular complexity index is 781. The Balaban J connectivity index is 1.71. The molecular weight excluding hydrogens is 375 g/mol. The van der Waals surface area contributed by atoms with Gasteiger partial charge in [-0.3, -0.25) is 9.88 Å². The van der Waals surface area contributed by atoms with Crippen LogP contribution in [0.1, 0.15) is 15.9 Å². The molecule has 150 valence electrons. The van der Waals surface area contributed by atoms with Crippen LogP contribution in [0.2, 0.25) is 0 Å². The average Bonchev–Trinajstić information content (AvgIpc) is 2.72. The van der Waals surface area contributed by atoms with Crippen LogP contribution in [-0.4, -0.2) is 54.9 Å². The maximum absolute atomic E-state index is 13.0. The second kappa shape index (κ2) is 9.03. The Hall–Kier alpha value is -2.65. The van der Waals surface area contributed by atoms with Gasteiger partial charge in [-0.25, -0.2) is 4.79 Å². The molecule has 0 unspecified atom stereocenters. The van der Waals surface area contributed by atoms with Gasteiger partial charge in [-0.2, -0.15) is 13.2 Å². The van der Waals surface area contributed by atoms with Gasteiger partial charge in [0.05, 0.1) is 24.3 Å². The van der Waals surface area contributed by atoms with Crippen LogP contribution in [0.4, 0.5) is 18.9 Å². The molecule has 2 heterocycles. The van der Waals surface area contributed by atoms with Crippen molar-refractivity contribution in [3.05, 3.63) is 59.9 Å². The molecule has 0 bridgehead atoms. The van der Waals surface area contributed by atoms with Crippen molar-refractivity contribution in [1.82, 2.24) is 9.88 Å². The predicted molar refractivity (Wildman–Crippen MR) is 95.8 cm³/mol. The summed E-state index contributed by atoms with van der Waals surface area (Å²) in [5, 5.41) is 3.05. The molecule has 1 aromatic carbocycles. The Kier molecular flexibility index (Phi) is 6.48. The third kappa shape index (κ3) is 5.43. The number of halogens is 3. The van der Waals surface area contributed by atoms with Gasteiger partial charge in [0.25, 0.3) is 0 Å². The van der Waals surface area contributed by atoms with Crippen molar-refractivity contribution < 1.29 is 27.4 Å². The van der Waals surface area contributed by atoms with Crippen molar-refractivity contribution in [1.29, 1.82) is 0 Å². The number of nitrogens with zero attached hydrogens (tertiary/aromatic N) is 2. The second-order valence-electron chi connectivity index (χ2n) is 6.23. The van der Waals surface area contributed by atoms with E-state index in [9.17, 15) is 18.0 Å². The Morgan fingerprint density at radius 1 is 1.25 bits per heavy atom. The molecular formula is C19H20F3N3O3. The summed E-state index contributed by atoms with van der Waals surface area (Å²) < 4.78 is 49.6. The van der Waals surface area contributed by atoms with Gasteiger partial charge in [0, 0.05) is 31.2 Å². The summed E-state index contributed by atoms with van der Waals surface area (Å²) >= 11 is 0. The molecule has 1 aliphatic rings. The van der Waals surface area contributed by atoms with Gasteiger partial charge in [-0.15, -0.1) is 0 Å². The highest BCUT2D eigenvalue weighted by atomic mass is 19.4. The molecule has 9 heteroatoms. The number of hydrogen-bond acceptors (Lipinski definition) is 6. The number of pyridine rings is 1. The number of morpholine rings is 1. The zero-order valence-electron chi connectivity index (χ0n) is 15.0. The highest BCUT2D eigenvalue weighted by Crippen LogP contribution is 2.31. The number of anilines is 1. The molecule has 0 radical (unpaired) electrons. The lowest BCUT2D eigenvalue weighted by atomic mass is 10.2. The van der Waals surface area contributed by atoms with Crippen LogP contribution < -0.4 is 5.32 Å². The fourth-order valence-corrected chi connectivity index (χ4v) is 2.83. The van der Waals surface area contributed by atoms with Gasteiger partial charge in [0.15, 0.2) is 0 Å². The first-order valence-corrected chi connectivity index (χ1v) is 8.76. The van der Waals surface area contributed by atoms with Crippen LogP contribution in [0.5, 0.6) is 0 Å². The highest BCUT2D eigenvalue weighted by molar-refractivity contribution is 5.88. The van der Waals surface area contributed by atoms with Crippen molar-refractivity contribution in [2.45, 2.75) is 12.3 Å². The fraction of sp³-hybridized carbons (Fsp3) is 0.368. The van der Waals surface area contributed by atoms with E-state index in [2.05, 4.69) is 10.3 Å². The van der Waals surface area contributed by atoms with Gasteiger partial charge in [0.2, 0.25) is 0 Å². The zero-order chi connectivity index (χ0) is 20.0. The Morgan fingerprint density at radius 2 is 2.04 bits per heavy atom. The minimum absolute atomic E-state index is 0.0377. The number of alkyl halides is 3. The van der Waals surface area contributed by atoms with Crippen LogP contribution in [0.25, 0.3) is 0 Å². The minimum atomic E-state index is -4.43. The first-order valence-electron chi connectivity index (χ1n) is 8.76. The molecule has 1 N–H and O–H groups in total. The topological polar surface area (TPSA) is 63.7 Å². The number of nitrogens with one attached hydrogen (secondary N) is 1. The minimum Gasteiger partial charge on any atom is -0.458 e. The van der Waals surface area contributed by atoms with E-state index in [-0.39, 0.29) is 6.61 Å². The van der Waals surface area contributed by atoms with Crippen LogP contribution >= 0.6 is 0 Å². The fourth-order valence-electron chi connectivity index (χ4n) is 2.83. The van der Waals surface area contributed by atoms with Crippen molar-refractivity contribution in [2.24, 2.45) is 0 Å². The predicted octanol–water partition coefficient (Wildman–Crippen LogP) is 3.03. The number of carbonyl (C=O) groups is 1. The van der Waals surface area contributed by atoms with Crippen molar-refractivity contribution in [3.63, 3.8) is 0 Å². The summed E-state index contributed by atoms with van der Waals surface area (Å²) in [5.74, 6) is -0.544. The lowest BCUT2D eigenvalue weighted by Crippen LogP contribution is -2.49. The third-order valence-corrected chi connectivity index (χ3v) is 4.28. The molecule has 1 atom stereocenters. The number of aromatic nitrogens is 1. The summed E-state index contributed by atoms with van der Waals surface area (Å²) in [7, 11) is 0. The SMILES string of the molecule is O=C(OC[C@H](Nc1cccc(C(F)(F)F)c1)N1CCOCC1)c1cccnc1. The van der Waals surface area contributed by atoms with Crippen LogP contribution in [0, 0.1) is 0 Å². The molecule has 6 nitrogen and oxygen atoms in total. The van der Waals surface area contributed by atoms with E-state index < -0.39 is 23.9 Å². The van der Waals surface area contributed by atoms with Crippen LogP contribution in [0.15, 0.2) is 48.8 Å². The van der Waals surface area contributed by atoms with Gasteiger partial charge in [-0.1, -0.05) is 6.07 Å². The number of rotatable bonds is 6. The summed E-state index contributed by atoms with van der Waals surface area (Å²) in [6, 6.07) is 8.14. The lowest BCUT2D eigenvalue weighted by Gasteiger charge is -2.35. The summed E-state index contributed by atoms with van der Waals surface area (Å²) in [4.78, 5) is 18.0. The lowest BCUT2D eigenvalue weighted by molar-refractivity contribution is -0.137. The van der Waals surface area contributed by atoms with Crippen molar-refractivity contribution >= 4 is 11.7 Å². The van der Waals surface area contributed by atoms with Gasteiger partial charge in [-0.05, 0) is 30.3 Å². The molecule has 0 aliphatic carbocycles. The van der Waals surface area contributed by atoms with E-state index in [1.165, 1.54) is 12.3 Å². The van der Waals surface area contributed by atoms with Gasteiger partial charge < -0.3 is 14.8 Å². The first kappa shape index (κ1) is 20.1. The maximum atomic E-state index is 13.0. The molecule has 28 heavy (non-hydrogen) atoms. The molecule has 1 fully saturated rings. The van der Waals surface area contributed by atoms with E-state index in [1.54, 1.807) is 24.4 Å². The second-order valence-corrected chi connectivity index (χ2v) is 6.23. The first-order chi connectivity index (χ1) is 13.4. The largest absolute Gasteiger partial charge is 0.458 e. The summed E-state index contributed by atoms with van der Waals surface area (Å²) in [6.07, 6.45) is -1.98. The van der Waals surface area contributed by atoms with E-state index in [0.29, 0.717) is 37.6 Å². The highest BCUT2D eigenvalue weighted by Gasteiger charge is 2.31. The summed E-state index contributed by atoms with van der Waals surface area (Å²) in [6.45, 7) is 2.10. The molecule has 1 aliphatic heterocycles. The van der Waals surface area contributed by atoms with E-state index >= 15 is 0 Å². The van der Waals surface area contributed by atoms with Crippen LogP contribution in [0.3, 0.4) is 0 Å². The van der Waals surface area contributed by atoms with Crippen molar-refractivity contribution in [3.8, 4) is 0 Å². The Morgan fingerprint density at radius 3 is 2.71 bits per heavy atom. The third-order valence-electron chi connectivity index (χ3n) is 4.28. The van der Waals surface area contributed by atoms with E-state index in [0.717, 1.165) is 12.1 Å². The number of ether oxygens (including phenoxy) is 2. The maximum Gasteiger partial charge on any atom is 0.416 e. The number of benzene rings is 1. The molecule has 0 saturated carbocycles.